The van der Waals surface area contributed by atoms with Gasteiger partial charge in [-0.05, 0) is 39.2 Å². The number of piperidine rings is 1. The molecule has 1 saturated heterocycles. The molecule has 2 unspecified atom stereocenters. The quantitative estimate of drug-likeness (QED) is 0.862. The van der Waals surface area contributed by atoms with Crippen LogP contribution in [0.1, 0.15) is 49.1 Å². The molecule has 4 heteroatoms. The Morgan fingerprint density at radius 2 is 2.19 bits per heavy atom. The summed E-state index contributed by atoms with van der Waals surface area (Å²) in [6.45, 7) is 5.55. The van der Waals surface area contributed by atoms with E-state index in [1.807, 2.05) is 19.9 Å². The number of fused-ring (bicyclic) bond motifs is 1. The molecular weight excluding hydrogens is 262 g/mol. The largest absolute Gasteiger partial charge is 0.389 e. The number of aliphatic hydroxyl groups is 1. The highest BCUT2D eigenvalue weighted by Crippen LogP contribution is 2.41. The molecule has 1 aromatic heterocycles. The van der Waals surface area contributed by atoms with Crippen molar-refractivity contribution in [2.75, 3.05) is 18.0 Å². The van der Waals surface area contributed by atoms with Gasteiger partial charge in [-0.3, -0.25) is 4.98 Å². The molecule has 21 heavy (non-hydrogen) atoms. The Bertz CT molecular complexity index is 592. The molecule has 0 bridgehead atoms. The number of nitrogens with zero attached hydrogens (tertiary/aromatic N) is 3. The van der Waals surface area contributed by atoms with Gasteiger partial charge in [0.15, 0.2) is 0 Å². The van der Waals surface area contributed by atoms with Gasteiger partial charge in [0.1, 0.15) is 6.07 Å². The molecule has 1 N–H and O–H groups in total. The second-order valence-corrected chi connectivity index (χ2v) is 6.60. The molecule has 0 amide bonds. The Balaban J connectivity index is 1.91. The molecule has 0 spiro atoms. The highest BCUT2D eigenvalue weighted by atomic mass is 16.3. The van der Waals surface area contributed by atoms with Crippen LogP contribution >= 0.6 is 0 Å². The summed E-state index contributed by atoms with van der Waals surface area (Å²) in [5.74, 6) is 0.334. The van der Waals surface area contributed by atoms with Crippen molar-refractivity contribution < 1.29 is 5.11 Å². The van der Waals surface area contributed by atoms with Gasteiger partial charge in [-0.2, -0.15) is 5.26 Å². The van der Waals surface area contributed by atoms with Crippen LogP contribution in [0, 0.1) is 31.1 Å². The third kappa shape index (κ3) is 2.51. The normalized spacial score (nSPS) is 28.9. The van der Waals surface area contributed by atoms with Crippen LogP contribution in [0.25, 0.3) is 0 Å². The lowest BCUT2D eigenvalue weighted by Crippen LogP contribution is -2.53. The zero-order valence-electron chi connectivity index (χ0n) is 12.9. The van der Waals surface area contributed by atoms with Crippen molar-refractivity contribution in [1.82, 2.24) is 4.98 Å². The monoisotopic (exact) mass is 285 g/mol. The van der Waals surface area contributed by atoms with E-state index < -0.39 is 5.60 Å². The minimum absolute atomic E-state index is 0.334. The molecule has 2 fully saturated rings. The van der Waals surface area contributed by atoms with E-state index in [9.17, 15) is 10.4 Å². The van der Waals surface area contributed by atoms with Gasteiger partial charge >= 0.3 is 0 Å². The van der Waals surface area contributed by atoms with Crippen LogP contribution in [0.15, 0.2) is 6.07 Å². The zero-order valence-corrected chi connectivity index (χ0v) is 12.9. The fourth-order valence-electron chi connectivity index (χ4n) is 3.99. The maximum atomic E-state index is 10.8. The van der Waals surface area contributed by atoms with E-state index in [4.69, 9.17) is 0 Å². The lowest BCUT2D eigenvalue weighted by Gasteiger charge is -2.48. The number of anilines is 1. The van der Waals surface area contributed by atoms with Gasteiger partial charge < -0.3 is 10.0 Å². The summed E-state index contributed by atoms with van der Waals surface area (Å²) in [5.41, 5.74) is 2.96. The van der Waals surface area contributed by atoms with Crippen LogP contribution in [0.4, 0.5) is 5.69 Å². The summed E-state index contributed by atoms with van der Waals surface area (Å²) in [6, 6.07) is 4.32. The average molecular weight is 285 g/mol. The van der Waals surface area contributed by atoms with Crippen LogP contribution in [0.2, 0.25) is 0 Å². The summed E-state index contributed by atoms with van der Waals surface area (Å²) in [5, 5.41) is 20.2. The standard InChI is InChI=1S/C17H23N3O/c1-12-9-16(15(10-18)13(2)19-12)20-8-7-17(21)6-4-3-5-14(17)11-20/h9,14,21H,3-8,11H2,1-2H3. The molecule has 1 aromatic rings. The first-order valence-corrected chi connectivity index (χ1v) is 7.89. The lowest BCUT2D eigenvalue weighted by molar-refractivity contribution is -0.0612. The summed E-state index contributed by atoms with van der Waals surface area (Å²) < 4.78 is 0. The minimum atomic E-state index is -0.474. The highest BCUT2D eigenvalue weighted by Gasteiger charge is 2.43. The van der Waals surface area contributed by atoms with Gasteiger partial charge in [-0.25, -0.2) is 0 Å². The van der Waals surface area contributed by atoms with Gasteiger partial charge in [-0.15, -0.1) is 0 Å². The maximum Gasteiger partial charge on any atom is 0.103 e. The van der Waals surface area contributed by atoms with Crippen molar-refractivity contribution in [2.45, 2.75) is 51.6 Å². The number of aromatic nitrogens is 1. The van der Waals surface area contributed by atoms with E-state index in [1.54, 1.807) is 0 Å². The van der Waals surface area contributed by atoms with Gasteiger partial charge in [0.05, 0.1) is 22.5 Å². The molecule has 4 nitrogen and oxygen atoms in total. The van der Waals surface area contributed by atoms with E-state index in [0.29, 0.717) is 11.5 Å². The van der Waals surface area contributed by atoms with E-state index in [-0.39, 0.29) is 0 Å². The van der Waals surface area contributed by atoms with Crippen molar-refractivity contribution in [2.24, 2.45) is 5.92 Å². The summed E-state index contributed by atoms with van der Waals surface area (Å²) in [6.07, 6.45) is 5.19. The number of nitriles is 1. The Labute approximate surface area is 126 Å². The second-order valence-electron chi connectivity index (χ2n) is 6.60. The minimum Gasteiger partial charge on any atom is -0.389 e. The van der Waals surface area contributed by atoms with Crippen molar-refractivity contribution in [3.63, 3.8) is 0 Å². The predicted molar refractivity (Wildman–Crippen MR) is 82.2 cm³/mol. The van der Waals surface area contributed by atoms with E-state index in [1.165, 1.54) is 6.42 Å². The SMILES string of the molecule is Cc1cc(N2CCC3(O)CCCCC3C2)c(C#N)c(C)n1. The van der Waals surface area contributed by atoms with Crippen LogP contribution in [-0.4, -0.2) is 28.8 Å². The first-order valence-electron chi connectivity index (χ1n) is 7.89. The van der Waals surface area contributed by atoms with Crippen LogP contribution in [-0.2, 0) is 0 Å². The number of hydrogen-bond donors (Lipinski definition) is 1. The van der Waals surface area contributed by atoms with Gasteiger partial charge in [0.2, 0.25) is 0 Å². The highest BCUT2D eigenvalue weighted by molar-refractivity contribution is 5.62. The van der Waals surface area contributed by atoms with Gasteiger partial charge in [0.25, 0.3) is 0 Å². The first-order chi connectivity index (χ1) is 10.0. The van der Waals surface area contributed by atoms with Crippen LogP contribution in [0.3, 0.4) is 0 Å². The Kier molecular flexibility index (Phi) is 3.62. The van der Waals surface area contributed by atoms with Crippen LogP contribution < -0.4 is 4.90 Å². The smallest absolute Gasteiger partial charge is 0.103 e. The Hall–Kier alpha value is -1.60. The molecule has 1 aliphatic heterocycles. The van der Waals surface area contributed by atoms with E-state index >= 15 is 0 Å². The van der Waals surface area contributed by atoms with Crippen LogP contribution in [0.5, 0.6) is 0 Å². The first kappa shape index (κ1) is 14.3. The molecule has 0 aromatic carbocycles. The lowest BCUT2D eigenvalue weighted by atomic mass is 9.71. The average Bonchev–Trinajstić information content (AvgIpc) is 2.45. The number of aryl methyl sites for hydroxylation is 2. The van der Waals surface area contributed by atoms with Crippen molar-refractivity contribution in [3.05, 3.63) is 23.0 Å². The number of pyridine rings is 1. The second kappa shape index (κ2) is 5.31. The third-order valence-electron chi connectivity index (χ3n) is 5.19. The molecule has 1 saturated carbocycles. The maximum absolute atomic E-state index is 10.8. The number of hydrogen-bond acceptors (Lipinski definition) is 4. The fourth-order valence-corrected chi connectivity index (χ4v) is 3.99. The molecule has 0 radical (unpaired) electrons. The predicted octanol–water partition coefficient (Wildman–Crippen LogP) is 2.70. The summed E-state index contributed by atoms with van der Waals surface area (Å²) >= 11 is 0. The number of rotatable bonds is 1. The molecule has 1 aliphatic carbocycles. The van der Waals surface area contributed by atoms with Crippen molar-refractivity contribution in [3.8, 4) is 6.07 Å². The fraction of sp³-hybridized carbons (Fsp3) is 0.647. The molecule has 112 valence electrons. The van der Waals surface area contributed by atoms with E-state index in [2.05, 4.69) is 16.0 Å². The molecule has 2 aliphatic rings. The van der Waals surface area contributed by atoms with E-state index in [0.717, 1.165) is 55.8 Å². The molecule has 2 heterocycles. The van der Waals surface area contributed by atoms with Gasteiger partial charge in [0, 0.05) is 24.7 Å². The molecular formula is C17H23N3O. The van der Waals surface area contributed by atoms with Gasteiger partial charge in [-0.1, -0.05) is 12.8 Å². The Morgan fingerprint density at radius 3 is 2.95 bits per heavy atom. The summed E-state index contributed by atoms with van der Waals surface area (Å²) in [4.78, 5) is 6.68. The Morgan fingerprint density at radius 1 is 1.38 bits per heavy atom. The van der Waals surface area contributed by atoms with Crippen molar-refractivity contribution >= 4 is 5.69 Å². The summed E-state index contributed by atoms with van der Waals surface area (Å²) in [7, 11) is 0. The third-order valence-corrected chi connectivity index (χ3v) is 5.19. The topological polar surface area (TPSA) is 60.1 Å². The zero-order chi connectivity index (χ0) is 15.0. The molecule has 3 rings (SSSR count). The van der Waals surface area contributed by atoms with Crippen molar-refractivity contribution in [1.29, 1.82) is 5.26 Å². The molecule has 2 atom stereocenters.